The number of hydrogen-bond donors (Lipinski definition) is 1. The Morgan fingerprint density at radius 3 is 2.38 bits per heavy atom. The zero-order valence-corrected chi connectivity index (χ0v) is 14.0. The summed E-state index contributed by atoms with van der Waals surface area (Å²) in [7, 11) is 0. The molecule has 1 spiro atoms. The van der Waals surface area contributed by atoms with Gasteiger partial charge < -0.3 is 5.32 Å². The third kappa shape index (κ3) is 2.00. The summed E-state index contributed by atoms with van der Waals surface area (Å²) in [5.74, 6) is 0. The summed E-state index contributed by atoms with van der Waals surface area (Å²) in [6, 6.07) is 25.1. The van der Waals surface area contributed by atoms with Crippen LogP contribution in [0.15, 0.2) is 66.7 Å². The van der Waals surface area contributed by atoms with E-state index in [0.29, 0.717) is 6.04 Å². The molecule has 3 aromatic carbocycles. The minimum atomic E-state index is 0.275. The summed E-state index contributed by atoms with van der Waals surface area (Å²) >= 11 is 0. The van der Waals surface area contributed by atoms with Crippen LogP contribution in [0.4, 0.5) is 5.69 Å². The third-order valence-electron chi connectivity index (χ3n) is 6.17. The van der Waals surface area contributed by atoms with Crippen LogP contribution in [-0.4, -0.2) is 0 Å². The maximum Gasteiger partial charge on any atom is 0.0611 e. The van der Waals surface area contributed by atoms with Gasteiger partial charge >= 0.3 is 0 Å². The van der Waals surface area contributed by atoms with E-state index in [4.69, 9.17) is 0 Å². The highest BCUT2D eigenvalue weighted by Crippen LogP contribution is 2.56. The topological polar surface area (TPSA) is 12.0 Å². The molecule has 0 radical (unpaired) electrons. The fraction of sp³-hybridized carbons (Fsp3) is 0.304. The van der Waals surface area contributed by atoms with Crippen molar-refractivity contribution >= 4 is 16.5 Å². The second-order valence-corrected chi connectivity index (χ2v) is 7.45. The number of fused-ring (bicyclic) bond motifs is 3. The first kappa shape index (κ1) is 14.1. The summed E-state index contributed by atoms with van der Waals surface area (Å²) < 4.78 is 0. The summed E-state index contributed by atoms with van der Waals surface area (Å²) in [5.41, 5.74) is 4.60. The van der Waals surface area contributed by atoms with E-state index in [0.717, 1.165) is 0 Å². The molecule has 3 aromatic rings. The Balaban J connectivity index is 1.66. The number of anilines is 1. The first-order chi connectivity index (χ1) is 11.9. The SMILES string of the molecule is c1ccc2c(c1)N[C@@H](c1ccc3ccccc3c1)C21CCCCC1. The van der Waals surface area contributed by atoms with E-state index in [2.05, 4.69) is 72.0 Å². The van der Waals surface area contributed by atoms with Crippen molar-refractivity contribution in [2.75, 3.05) is 5.32 Å². The highest BCUT2D eigenvalue weighted by atomic mass is 15.0. The molecular formula is C23H23N. The van der Waals surface area contributed by atoms with Gasteiger partial charge in [-0.1, -0.05) is 73.9 Å². The van der Waals surface area contributed by atoms with Crippen molar-refractivity contribution in [2.24, 2.45) is 0 Å². The molecule has 120 valence electrons. The van der Waals surface area contributed by atoms with Crippen LogP contribution in [-0.2, 0) is 5.41 Å². The molecule has 1 aliphatic carbocycles. The van der Waals surface area contributed by atoms with Crippen molar-refractivity contribution in [1.82, 2.24) is 0 Å². The normalized spacial score (nSPS) is 21.6. The van der Waals surface area contributed by atoms with Gasteiger partial charge in [0, 0.05) is 11.1 Å². The van der Waals surface area contributed by atoms with Gasteiger partial charge in [-0.15, -0.1) is 0 Å². The molecule has 0 saturated heterocycles. The van der Waals surface area contributed by atoms with Gasteiger partial charge in [0.05, 0.1) is 6.04 Å². The summed E-state index contributed by atoms with van der Waals surface area (Å²) in [4.78, 5) is 0. The summed E-state index contributed by atoms with van der Waals surface area (Å²) in [6.07, 6.45) is 6.68. The Hall–Kier alpha value is -2.28. The Kier molecular flexibility index (Phi) is 3.16. The van der Waals surface area contributed by atoms with E-state index in [-0.39, 0.29) is 5.41 Å². The van der Waals surface area contributed by atoms with Crippen molar-refractivity contribution < 1.29 is 0 Å². The molecule has 5 rings (SSSR count). The second kappa shape index (κ2) is 5.37. The van der Waals surface area contributed by atoms with E-state index >= 15 is 0 Å². The van der Waals surface area contributed by atoms with Gasteiger partial charge in [-0.3, -0.25) is 0 Å². The lowest BCUT2D eigenvalue weighted by Crippen LogP contribution is -2.34. The molecular weight excluding hydrogens is 290 g/mol. The molecule has 0 aromatic heterocycles. The predicted molar refractivity (Wildman–Crippen MR) is 102 cm³/mol. The molecule has 0 bridgehead atoms. The lowest BCUT2D eigenvalue weighted by atomic mass is 9.65. The monoisotopic (exact) mass is 313 g/mol. The van der Waals surface area contributed by atoms with Gasteiger partial charge in [0.1, 0.15) is 0 Å². The molecule has 1 heterocycles. The first-order valence-electron chi connectivity index (χ1n) is 9.22. The maximum absolute atomic E-state index is 3.88. The molecule has 1 heteroatoms. The van der Waals surface area contributed by atoms with E-state index in [1.807, 2.05) is 0 Å². The molecule has 1 aliphatic heterocycles. The van der Waals surface area contributed by atoms with Crippen molar-refractivity contribution in [3.05, 3.63) is 77.9 Å². The second-order valence-electron chi connectivity index (χ2n) is 7.45. The van der Waals surface area contributed by atoms with Crippen molar-refractivity contribution in [3.8, 4) is 0 Å². The van der Waals surface area contributed by atoms with Crippen LogP contribution < -0.4 is 5.32 Å². The number of benzene rings is 3. The quantitative estimate of drug-likeness (QED) is 0.563. The third-order valence-corrected chi connectivity index (χ3v) is 6.17. The number of nitrogens with one attached hydrogen (secondary N) is 1. The van der Waals surface area contributed by atoms with E-state index in [1.54, 1.807) is 5.56 Å². The van der Waals surface area contributed by atoms with Crippen molar-refractivity contribution in [1.29, 1.82) is 0 Å². The smallest absolute Gasteiger partial charge is 0.0611 e. The van der Waals surface area contributed by atoms with Crippen LogP contribution in [0.3, 0.4) is 0 Å². The first-order valence-corrected chi connectivity index (χ1v) is 9.22. The molecule has 1 atom stereocenters. The molecule has 24 heavy (non-hydrogen) atoms. The van der Waals surface area contributed by atoms with E-state index < -0.39 is 0 Å². The zero-order chi connectivity index (χ0) is 16.0. The molecule has 1 fully saturated rings. The van der Waals surface area contributed by atoms with Crippen LogP contribution >= 0.6 is 0 Å². The van der Waals surface area contributed by atoms with Crippen molar-refractivity contribution in [2.45, 2.75) is 43.6 Å². The molecule has 1 N–H and O–H groups in total. The Bertz CT molecular complexity index is 889. The number of hydrogen-bond acceptors (Lipinski definition) is 1. The largest absolute Gasteiger partial charge is 0.377 e. The van der Waals surface area contributed by atoms with Crippen LogP contribution in [0.5, 0.6) is 0 Å². The fourth-order valence-electron chi connectivity index (χ4n) is 5.02. The van der Waals surface area contributed by atoms with Gasteiger partial charge in [0.15, 0.2) is 0 Å². The molecule has 1 nitrogen and oxygen atoms in total. The van der Waals surface area contributed by atoms with Crippen LogP contribution in [0.2, 0.25) is 0 Å². The summed E-state index contributed by atoms with van der Waals surface area (Å²) in [6.45, 7) is 0. The number of rotatable bonds is 1. The highest BCUT2D eigenvalue weighted by molar-refractivity contribution is 5.83. The van der Waals surface area contributed by atoms with Crippen LogP contribution in [0.25, 0.3) is 10.8 Å². The minimum absolute atomic E-state index is 0.275. The van der Waals surface area contributed by atoms with E-state index in [9.17, 15) is 0 Å². The average Bonchev–Trinajstić information content (AvgIpc) is 2.96. The van der Waals surface area contributed by atoms with E-state index in [1.165, 1.54) is 54.1 Å². The van der Waals surface area contributed by atoms with Crippen LogP contribution in [0, 0.1) is 0 Å². The standard InChI is InChI=1S/C23H23N/c1-6-14-23(15-7-1)20-10-4-5-11-21(20)24-22(23)19-13-12-17-8-2-3-9-18(17)16-19/h2-5,8-13,16,22,24H,1,6-7,14-15H2/t22-/m0/s1. The molecule has 0 unspecified atom stereocenters. The zero-order valence-electron chi connectivity index (χ0n) is 14.0. The van der Waals surface area contributed by atoms with Gasteiger partial charge in [-0.2, -0.15) is 0 Å². The Morgan fingerprint density at radius 1 is 0.750 bits per heavy atom. The number of para-hydroxylation sites is 1. The van der Waals surface area contributed by atoms with Gasteiger partial charge in [-0.05, 0) is 46.9 Å². The predicted octanol–water partition coefficient (Wildman–Crippen LogP) is 6.21. The van der Waals surface area contributed by atoms with Crippen LogP contribution in [0.1, 0.15) is 49.3 Å². The van der Waals surface area contributed by atoms with Gasteiger partial charge in [-0.25, -0.2) is 0 Å². The Labute approximate surface area is 143 Å². The highest BCUT2D eigenvalue weighted by Gasteiger charge is 2.47. The molecule has 0 amide bonds. The molecule has 2 aliphatic rings. The summed E-state index contributed by atoms with van der Waals surface area (Å²) in [5, 5.41) is 6.55. The van der Waals surface area contributed by atoms with Gasteiger partial charge in [0.25, 0.3) is 0 Å². The lowest BCUT2D eigenvalue weighted by Gasteiger charge is -2.39. The molecule has 1 saturated carbocycles. The lowest BCUT2D eigenvalue weighted by molar-refractivity contribution is 0.270. The minimum Gasteiger partial charge on any atom is -0.377 e. The van der Waals surface area contributed by atoms with Gasteiger partial charge in [0.2, 0.25) is 0 Å². The average molecular weight is 313 g/mol. The van der Waals surface area contributed by atoms with Crippen molar-refractivity contribution in [3.63, 3.8) is 0 Å². The fourth-order valence-corrected chi connectivity index (χ4v) is 5.02. The Morgan fingerprint density at radius 2 is 1.50 bits per heavy atom. The maximum atomic E-state index is 3.88.